The van der Waals surface area contributed by atoms with Crippen LogP contribution in [0.15, 0.2) is 18.2 Å². The summed E-state index contributed by atoms with van der Waals surface area (Å²) in [6.45, 7) is 9.05. The summed E-state index contributed by atoms with van der Waals surface area (Å²) in [5.74, 6) is 0.0961. The number of ether oxygens (including phenoxy) is 1. The van der Waals surface area contributed by atoms with Crippen LogP contribution < -0.4 is 0 Å². The van der Waals surface area contributed by atoms with E-state index in [0.29, 0.717) is 19.4 Å². The minimum Gasteiger partial charge on any atom is -0.508 e. The van der Waals surface area contributed by atoms with E-state index in [0.717, 1.165) is 36.8 Å². The molecule has 3 heteroatoms. The van der Waals surface area contributed by atoms with Gasteiger partial charge in [-0.25, -0.2) is 0 Å². The van der Waals surface area contributed by atoms with E-state index in [1.165, 1.54) is 70.6 Å². The van der Waals surface area contributed by atoms with Gasteiger partial charge in [-0.3, -0.25) is 4.79 Å². The number of esters is 1. The molecular formula is C31H54O3. The molecule has 0 aliphatic rings. The van der Waals surface area contributed by atoms with Gasteiger partial charge < -0.3 is 9.84 Å². The summed E-state index contributed by atoms with van der Waals surface area (Å²) in [6.07, 6.45) is 19.5. The van der Waals surface area contributed by atoms with Crippen LogP contribution in [0, 0.1) is 0 Å². The van der Waals surface area contributed by atoms with Crippen LogP contribution in [0.2, 0.25) is 0 Å². The van der Waals surface area contributed by atoms with Gasteiger partial charge in [0, 0.05) is 7.79 Å². The first-order chi connectivity index (χ1) is 16.7. The molecule has 0 saturated carbocycles. The first-order valence-corrected chi connectivity index (χ1v) is 14.1. The number of hydrogen-bond donors (Lipinski definition) is 1. The van der Waals surface area contributed by atoms with E-state index in [-0.39, 0.29) is 23.5 Å². The number of rotatable bonds is 20. The average molecular weight is 476 g/mol. The lowest BCUT2D eigenvalue weighted by molar-refractivity contribution is -0.143. The van der Waals surface area contributed by atoms with Crippen LogP contribution in [0.4, 0.5) is 0 Å². The van der Waals surface area contributed by atoms with Crippen molar-refractivity contribution in [1.82, 2.24) is 0 Å². The highest BCUT2D eigenvalue weighted by molar-refractivity contribution is 5.69. The minimum atomic E-state index is -0.165. The van der Waals surface area contributed by atoms with Gasteiger partial charge in [0.1, 0.15) is 5.75 Å². The van der Waals surface area contributed by atoms with Gasteiger partial charge in [-0.15, -0.1) is 0 Å². The fraction of sp³-hybridized carbons (Fsp3) is 0.774. The van der Waals surface area contributed by atoms with Crippen molar-refractivity contribution in [1.29, 1.82) is 0 Å². The van der Waals surface area contributed by atoms with Crippen LogP contribution in [0.5, 0.6) is 5.75 Å². The molecule has 0 aliphatic carbocycles. The predicted octanol–water partition coefficient (Wildman–Crippen LogP) is 9.43. The van der Waals surface area contributed by atoms with Crippen LogP contribution in [0.25, 0.3) is 0 Å². The monoisotopic (exact) mass is 475 g/mol. The second-order valence-electron chi connectivity index (χ2n) is 10.9. The highest BCUT2D eigenvalue weighted by Gasteiger charge is 2.19. The lowest BCUT2D eigenvalue weighted by atomic mass is 9.82. The molecule has 0 fully saturated rings. The molecule has 196 valence electrons. The predicted molar refractivity (Wildman–Crippen MR) is 146 cm³/mol. The summed E-state index contributed by atoms with van der Waals surface area (Å²) >= 11 is 0. The second kappa shape index (κ2) is 18.8. The van der Waals surface area contributed by atoms with Gasteiger partial charge in [-0.05, 0) is 41.5 Å². The molecule has 0 aromatic heterocycles. The number of phenols is 1. The van der Waals surface area contributed by atoms with Crippen LogP contribution in [-0.4, -0.2) is 17.7 Å². The molecule has 1 atom stereocenters. The lowest BCUT2D eigenvalue weighted by Crippen LogP contribution is -2.15. The van der Waals surface area contributed by atoms with Gasteiger partial charge in [0.15, 0.2) is 0 Å². The molecule has 1 rings (SSSR count). The number of aromatic hydroxyl groups is 1. The van der Waals surface area contributed by atoms with Crippen molar-refractivity contribution in [3.8, 4) is 5.75 Å². The van der Waals surface area contributed by atoms with Crippen LogP contribution in [-0.2, 0) is 21.4 Å². The highest BCUT2D eigenvalue weighted by atomic mass is 16.5. The topological polar surface area (TPSA) is 46.5 Å². The quantitative estimate of drug-likeness (QED) is 0.151. The van der Waals surface area contributed by atoms with Gasteiger partial charge in [-0.2, -0.15) is 0 Å². The zero-order valence-electron chi connectivity index (χ0n) is 23.8. The third-order valence-corrected chi connectivity index (χ3v) is 6.58. The van der Waals surface area contributed by atoms with Crippen molar-refractivity contribution in [2.75, 3.05) is 6.61 Å². The Hall–Kier alpha value is -1.51. The van der Waals surface area contributed by atoms with E-state index in [4.69, 9.17) is 6.11 Å². The second-order valence-corrected chi connectivity index (χ2v) is 10.9. The first kappa shape index (κ1) is 28.7. The molecular weight excluding hydrogens is 420 g/mol. The largest absolute Gasteiger partial charge is 0.508 e. The molecule has 1 N–H and O–H groups in total. The number of benzene rings is 1. The van der Waals surface area contributed by atoms with Gasteiger partial charge in [0.2, 0.25) is 0 Å². The maximum Gasteiger partial charge on any atom is 0.306 e. The van der Waals surface area contributed by atoms with E-state index in [1.54, 1.807) is 12.1 Å². The lowest BCUT2D eigenvalue weighted by Gasteiger charge is -2.23. The maximum atomic E-state index is 12.2. The van der Waals surface area contributed by atoms with Crippen molar-refractivity contribution < 1.29 is 16.0 Å². The summed E-state index contributed by atoms with van der Waals surface area (Å²) in [4.78, 5) is 12.2. The fourth-order valence-corrected chi connectivity index (χ4v) is 4.46. The van der Waals surface area contributed by atoms with Gasteiger partial charge in [0.25, 0.3) is 0 Å². The molecule has 1 unspecified atom stereocenters. The third kappa shape index (κ3) is 15.4. The Kier molecular flexibility index (Phi) is 15.9. The van der Waals surface area contributed by atoms with Crippen molar-refractivity contribution in [3.05, 3.63) is 29.3 Å². The summed E-state index contributed by atoms with van der Waals surface area (Å²) in [5, 5.41) is 9.81. The summed E-state index contributed by atoms with van der Waals surface area (Å²) in [7, 11) is 0. The Morgan fingerprint density at radius 1 is 0.853 bits per heavy atom. The van der Waals surface area contributed by atoms with Crippen LogP contribution in [0.3, 0.4) is 0 Å². The van der Waals surface area contributed by atoms with Crippen molar-refractivity contribution >= 4 is 5.97 Å². The number of hydrogen-bond acceptors (Lipinski definition) is 3. The number of aryl methyl sites for hydroxylation is 1. The third-order valence-electron chi connectivity index (χ3n) is 6.58. The normalized spacial score (nSPS) is 13.0. The molecule has 0 heterocycles. The van der Waals surface area contributed by atoms with E-state index in [9.17, 15) is 9.90 Å². The summed E-state index contributed by atoms with van der Waals surface area (Å²) in [6, 6.07) is 5.39. The van der Waals surface area contributed by atoms with Gasteiger partial charge in [0.05, 0.1) is 6.61 Å². The van der Waals surface area contributed by atoms with Gasteiger partial charge >= 0.3 is 5.97 Å². The molecule has 34 heavy (non-hydrogen) atoms. The molecule has 1 aromatic carbocycles. The molecule has 0 bridgehead atoms. The molecule has 3 nitrogen and oxygen atoms in total. The molecule has 0 saturated heterocycles. The SMILES string of the molecule is [2H]C(CCCCCCCCCCCCC)CCCCOC(=O)CCc1ccc(O)cc1C(C)(C)C. The fourth-order valence-electron chi connectivity index (χ4n) is 4.46. The maximum absolute atomic E-state index is 12.2. The van der Waals surface area contributed by atoms with E-state index in [1.807, 2.05) is 6.07 Å². The Morgan fingerprint density at radius 3 is 1.94 bits per heavy atom. The van der Waals surface area contributed by atoms with E-state index < -0.39 is 0 Å². The highest BCUT2D eigenvalue weighted by Crippen LogP contribution is 2.30. The minimum absolute atomic E-state index is 0.0228. The number of unbranched alkanes of at least 4 members (excludes halogenated alkanes) is 11. The smallest absolute Gasteiger partial charge is 0.306 e. The molecule has 0 radical (unpaired) electrons. The molecule has 0 spiro atoms. The zero-order valence-corrected chi connectivity index (χ0v) is 22.8. The number of carbonyl (C=O) groups excluding carboxylic acids is 1. The number of carbonyl (C=O) groups is 1. The Labute approximate surface area is 212 Å². The van der Waals surface area contributed by atoms with Crippen LogP contribution >= 0.6 is 0 Å². The molecule has 0 amide bonds. The van der Waals surface area contributed by atoms with Crippen molar-refractivity contribution in [2.45, 2.75) is 149 Å². The average Bonchev–Trinajstić information content (AvgIpc) is 2.81. The molecule has 1 aromatic rings. The van der Waals surface area contributed by atoms with E-state index >= 15 is 0 Å². The Morgan fingerprint density at radius 2 is 1.38 bits per heavy atom. The van der Waals surface area contributed by atoms with E-state index in [2.05, 4.69) is 27.7 Å². The molecule has 0 aliphatic heterocycles. The zero-order chi connectivity index (χ0) is 25.9. The van der Waals surface area contributed by atoms with Gasteiger partial charge in [-0.1, -0.05) is 130 Å². The van der Waals surface area contributed by atoms with Crippen molar-refractivity contribution in [3.63, 3.8) is 0 Å². The summed E-state index contributed by atoms with van der Waals surface area (Å²) in [5.41, 5.74) is 2.08. The summed E-state index contributed by atoms with van der Waals surface area (Å²) < 4.78 is 13.7. The standard InChI is InChI=1S/C31H54O3/c1-5-6-7-8-9-10-11-12-13-14-15-16-17-18-19-20-25-34-30(33)24-22-27-21-23-28(32)26-29(27)31(2,3)4/h21,23,26,32H,5-20,22,24-25H2,1-4H3/i17D. The Balaban J connectivity index is 2.02. The van der Waals surface area contributed by atoms with Crippen LogP contribution in [0.1, 0.15) is 149 Å². The van der Waals surface area contributed by atoms with Crippen molar-refractivity contribution in [2.24, 2.45) is 0 Å². The Bertz CT molecular complexity index is 680. The number of phenolic OH excluding ortho intramolecular Hbond substituents is 1. The first-order valence-electron chi connectivity index (χ1n) is 14.7.